The fourth-order valence-corrected chi connectivity index (χ4v) is 3.71. The summed E-state index contributed by atoms with van der Waals surface area (Å²) >= 11 is 0. The van der Waals surface area contributed by atoms with Gasteiger partial charge in [0.1, 0.15) is 11.5 Å². The molecule has 0 bridgehead atoms. The molecule has 0 saturated carbocycles. The first kappa shape index (κ1) is 27.0. The molecule has 0 radical (unpaired) electrons. The molecular formula is C30H45NO2. The third-order valence-corrected chi connectivity index (χ3v) is 6.96. The molecule has 2 rings (SSSR count). The van der Waals surface area contributed by atoms with Crippen molar-refractivity contribution in [3.63, 3.8) is 0 Å². The maximum absolute atomic E-state index is 6.28. The van der Waals surface area contributed by atoms with Crippen molar-refractivity contribution in [1.82, 2.24) is 5.32 Å². The topological polar surface area (TPSA) is 30.5 Å². The molecule has 1 N–H and O–H groups in total. The molecule has 0 aliphatic rings. The van der Waals surface area contributed by atoms with Gasteiger partial charge in [0.15, 0.2) is 0 Å². The van der Waals surface area contributed by atoms with E-state index in [1.54, 1.807) is 7.11 Å². The minimum absolute atomic E-state index is 0.102. The van der Waals surface area contributed by atoms with Crippen molar-refractivity contribution in [3.05, 3.63) is 65.2 Å². The van der Waals surface area contributed by atoms with Gasteiger partial charge in [0.05, 0.1) is 13.7 Å². The van der Waals surface area contributed by atoms with Crippen LogP contribution in [-0.4, -0.2) is 26.8 Å². The van der Waals surface area contributed by atoms with Gasteiger partial charge >= 0.3 is 0 Å². The Kier molecular flexibility index (Phi) is 10.5. The number of benzene rings is 2. The summed E-state index contributed by atoms with van der Waals surface area (Å²) in [5.41, 5.74) is 4.13. The van der Waals surface area contributed by atoms with Gasteiger partial charge in [0, 0.05) is 17.7 Å². The lowest BCUT2D eigenvalue weighted by molar-refractivity contribution is 0.295. The number of rotatable bonds is 14. The summed E-state index contributed by atoms with van der Waals surface area (Å²) in [5.74, 6) is 1.95. The van der Waals surface area contributed by atoms with Gasteiger partial charge in [-0.3, -0.25) is 0 Å². The quantitative estimate of drug-likeness (QED) is 0.301. The van der Waals surface area contributed by atoms with Gasteiger partial charge in [-0.05, 0) is 60.8 Å². The van der Waals surface area contributed by atoms with Crippen molar-refractivity contribution in [3.8, 4) is 11.5 Å². The summed E-state index contributed by atoms with van der Waals surface area (Å²) in [6, 6.07) is 14.9. The van der Waals surface area contributed by atoms with Gasteiger partial charge in [0.25, 0.3) is 0 Å². The number of para-hydroxylation sites is 1. The highest BCUT2D eigenvalue weighted by Crippen LogP contribution is 2.38. The molecule has 33 heavy (non-hydrogen) atoms. The Morgan fingerprint density at radius 2 is 1.61 bits per heavy atom. The molecule has 3 nitrogen and oxygen atoms in total. The molecule has 2 aromatic carbocycles. The van der Waals surface area contributed by atoms with Gasteiger partial charge < -0.3 is 14.8 Å². The average Bonchev–Trinajstić information content (AvgIpc) is 2.83. The van der Waals surface area contributed by atoms with Crippen molar-refractivity contribution in [2.75, 3.05) is 26.8 Å². The molecule has 182 valence electrons. The number of unbranched alkanes of at least 4 members (excludes halogenated alkanes) is 1. The SMILES string of the molecule is CCC(C)(C)c1ccc(OCCCCNC/C=C/c2ccccc2OC)c(C(C)(C)CC)c1. The third-order valence-electron chi connectivity index (χ3n) is 6.96. The number of hydrogen-bond donors (Lipinski definition) is 1. The van der Waals surface area contributed by atoms with Crippen molar-refractivity contribution in [1.29, 1.82) is 0 Å². The molecule has 3 heteroatoms. The first-order chi connectivity index (χ1) is 15.7. The van der Waals surface area contributed by atoms with E-state index < -0.39 is 0 Å². The molecule has 0 amide bonds. The van der Waals surface area contributed by atoms with E-state index in [1.165, 1.54) is 11.1 Å². The van der Waals surface area contributed by atoms with Crippen molar-refractivity contribution < 1.29 is 9.47 Å². The van der Waals surface area contributed by atoms with E-state index in [-0.39, 0.29) is 10.8 Å². The lowest BCUT2D eigenvalue weighted by Gasteiger charge is -2.30. The smallest absolute Gasteiger partial charge is 0.126 e. The molecule has 0 atom stereocenters. The predicted octanol–water partition coefficient (Wildman–Crippen LogP) is 7.53. The van der Waals surface area contributed by atoms with E-state index in [2.05, 4.69) is 83.3 Å². The van der Waals surface area contributed by atoms with Crippen LogP contribution in [0.25, 0.3) is 6.08 Å². The fourth-order valence-electron chi connectivity index (χ4n) is 3.71. The van der Waals surface area contributed by atoms with Gasteiger partial charge in [-0.1, -0.05) is 84.0 Å². The van der Waals surface area contributed by atoms with Crippen LogP contribution < -0.4 is 14.8 Å². The molecule has 0 aliphatic heterocycles. The fraction of sp³-hybridized carbons (Fsp3) is 0.533. The molecule has 0 fully saturated rings. The Bertz CT molecular complexity index is 883. The number of methoxy groups -OCH3 is 1. The van der Waals surface area contributed by atoms with Crippen molar-refractivity contribution in [2.24, 2.45) is 0 Å². The Balaban J connectivity index is 1.81. The summed E-state index contributed by atoms with van der Waals surface area (Å²) in [4.78, 5) is 0. The van der Waals surface area contributed by atoms with Crippen LogP contribution in [0.2, 0.25) is 0 Å². The van der Waals surface area contributed by atoms with Gasteiger partial charge in [-0.15, -0.1) is 0 Å². The Morgan fingerprint density at radius 1 is 0.879 bits per heavy atom. The standard InChI is InChI=1S/C30H45NO2/c1-8-29(3,4)25-18-19-28(26(23-25)30(5,6)9-2)33-22-13-12-20-31-21-14-16-24-15-10-11-17-27(24)32-7/h10-11,14-19,23,31H,8-9,12-13,20-22H2,1-7H3/b16-14+. The number of nitrogens with one attached hydrogen (secondary N) is 1. The molecular weight excluding hydrogens is 406 g/mol. The monoisotopic (exact) mass is 451 g/mol. The van der Waals surface area contributed by atoms with Gasteiger partial charge in [-0.25, -0.2) is 0 Å². The molecule has 0 spiro atoms. The zero-order chi connectivity index (χ0) is 24.3. The van der Waals surface area contributed by atoms with Gasteiger partial charge in [-0.2, -0.15) is 0 Å². The maximum Gasteiger partial charge on any atom is 0.126 e. The minimum Gasteiger partial charge on any atom is -0.496 e. The van der Waals surface area contributed by atoms with E-state index in [0.717, 1.165) is 62.4 Å². The van der Waals surface area contributed by atoms with E-state index in [0.29, 0.717) is 0 Å². The summed E-state index contributed by atoms with van der Waals surface area (Å²) in [5, 5.41) is 3.48. The van der Waals surface area contributed by atoms with Crippen LogP contribution in [0.1, 0.15) is 83.9 Å². The Hall–Kier alpha value is -2.26. The molecule has 0 aliphatic carbocycles. The van der Waals surface area contributed by atoms with Crippen LogP contribution in [0, 0.1) is 0 Å². The highest BCUT2D eigenvalue weighted by atomic mass is 16.5. The van der Waals surface area contributed by atoms with E-state index >= 15 is 0 Å². The predicted molar refractivity (Wildman–Crippen MR) is 143 cm³/mol. The van der Waals surface area contributed by atoms with E-state index in [9.17, 15) is 0 Å². The lowest BCUT2D eigenvalue weighted by atomic mass is 9.76. The maximum atomic E-state index is 6.28. The molecule has 0 unspecified atom stereocenters. The van der Waals surface area contributed by atoms with Gasteiger partial charge in [0.2, 0.25) is 0 Å². The summed E-state index contributed by atoms with van der Waals surface area (Å²) < 4.78 is 11.7. The molecule has 0 aromatic heterocycles. The zero-order valence-electron chi connectivity index (χ0n) is 22.0. The Labute approximate surface area is 202 Å². The molecule has 0 heterocycles. The van der Waals surface area contributed by atoms with E-state index in [1.807, 2.05) is 18.2 Å². The molecule has 0 saturated heterocycles. The second kappa shape index (κ2) is 12.8. The average molecular weight is 452 g/mol. The van der Waals surface area contributed by atoms with Crippen molar-refractivity contribution in [2.45, 2.75) is 78.1 Å². The minimum atomic E-state index is 0.102. The zero-order valence-corrected chi connectivity index (χ0v) is 22.0. The van der Waals surface area contributed by atoms with Crippen LogP contribution in [0.3, 0.4) is 0 Å². The molecule has 2 aromatic rings. The third kappa shape index (κ3) is 7.92. The van der Waals surface area contributed by atoms with Crippen LogP contribution in [0.5, 0.6) is 11.5 Å². The second-order valence-electron chi connectivity index (χ2n) is 10.1. The van der Waals surface area contributed by atoms with Crippen LogP contribution in [0.4, 0.5) is 0 Å². The number of ether oxygens (including phenoxy) is 2. The van der Waals surface area contributed by atoms with Crippen LogP contribution in [-0.2, 0) is 10.8 Å². The normalized spacial score (nSPS) is 12.3. The highest BCUT2D eigenvalue weighted by Gasteiger charge is 2.26. The van der Waals surface area contributed by atoms with E-state index in [4.69, 9.17) is 9.47 Å². The first-order valence-electron chi connectivity index (χ1n) is 12.5. The first-order valence-corrected chi connectivity index (χ1v) is 12.5. The Morgan fingerprint density at radius 3 is 2.30 bits per heavy atom. The van der Waals surface area contributed by atoms with Crippen LogP contribution >= 0.6 is 0 Å². The lowest BCUT2D eigenvalue weighted by Crippen LogP contribution is -2.21. The second-order valence-corrected chi connectivity index (χ2v) is 10.1. The largest absolute Gasteiger partial charge is 0.496 e. The highest BCUT2D eigenvalue weighted by molar-refractivity contribution is 5.57. The number of hydrogen-bond acceptors (Lipinski definition) is 3. The van der Waals surface area contributed by atoms with Crippen LogP contribution in [0.15, 0.2) is 48.5 Å². The summed E-state index contributed by atoms with van der Waals surface area (Å²) in [6.45, 7) is 16.4. The summed E-state index contributed by atoms with van der Waals surface area (Å²) in [6.07, 6.45) is 8.60. The van der Waals surface area contributed by atoms with Crippen molar-refractivity contribution >= 4 is 6.08 Å². The summed E-state index contributed by atoms with van der Waals surface area (Å²) in [7, 11) is 1.71.